The fourth-order valence-electron chi connectivity index (χ4n) is 5.33. The Bertz CT molecular complexity index is 1050. The molecule has 1 atom stereocenters. The number of aliphatic hydroxyl groups is 1. The van der Waals surface area contributed by atoms with E-state index in [0.717, 1.165) is 41.9 Å². The number of hydrogen-bond donors (Lipinski definition) is 3. The highest BCUT2D eigenvalue weighted by Crippen LogP contribution is 2.35. The van der Waals surface area contributed by atoms with E-state index in [2.05, 4.69) is 41.1 Å². The minimum atomic E-state index is -0.966. The number of benzene rings is 1. The van der Waals surface area contributed by atoms with Gasteiger partial charge < -0.3 is 24.6 Å². The van der Waals surface area contributed by atoms with E-state index in [1.165, 1.54) is 12.8 Å². The number of H-pyrrole nitrogens is 1. The molecule has 0 amide bonds. The topological polar surface area (TPSA) is 80.8 Å². The van der Waals surface area contributed by atoms with E-state index in [1.54, 1.807) is 13.2 Å². The van der Waals surface area contributed by atoms with Gasteiger partial charge in [0.2, 0.25) is 0 Å². The fraction of sp³-hybridized carbons (Fsp3) is 0.593. The molecule has 3 rings (SSSR count). The van der Waals surface area contributed by atoms with Crippen LogP contribution in [0.4, 0.5) is 5.69 Å². The molecule has 1 saturated carbocycles. The number of nitrogens with zero attached hydrogens (tertiary/aromatic N) is 2. The molecule has 0 aliphatic heterocycles. The van der Waals surface area contributed by atoms with E-state index < -0.39 is 6.23 Å². The summed E-state index contributed by atoms with van der Waals surface area (Å²) in [4.78, 5) is 20.6. The summed E-state index contributed by atoms with van der Waals surface area (Å²) in [6, 6.07) is 6.48. The van der Waals surface area contributed by atoms with Crippen molar-refractivity contribution in [2.75, 3.05) is 32.6 Å². The summed E-state index contributed by atoms with van der Waals surface area (Å²) in [6.45, 7) is 7.44. The van der Waals surface area contributed by atoms with E-state index in [4.69, 9.17) is 16.3 Å². The van der Waals surface area contributed by atoms with Gasteiger partial charge in [0.05, 0.1) is 6.61 Å². The van der Waals surface area contributed by atoms with Crippen molar-refractivity contribution in [1.29, 1.82) is 0 Å². The number of aliphatic hydroxyl groups excluding tert-OH is 1. The van der Waals surface area contributed by atoms with Crippen molar-refractivity contribution in [3.63, 3.8) is 0 Å². The second kappa shape index (κ2) is 12.4. The lowest BCUT2D eigenvalue weighted by Gasteiger charge is -2.40. The van der Waals surface area contributed by atoms with Crippen LogP contribution in [0.3, 0.4) is 0 Å². The van der Waals surface area contributed by atoms with Crippen LogP contribution in [0.2, 0.25) is 5.02 Å². The number of aromatic amines is 1. The van der Waals surface area contributed by atoms with Crippen LogP contribution in [0.5, 0.6) is 0 Å². The van der Waals surface area contributed by atoms with Crippen LogP contribution in [0.1, 0.15) is 66.9 Å². The second-order valence-electron chi connectivity index (χ2n) is 9.84. The zero-order valence-electron chi connectivity index (χ0n) is 21.9. The first-order valence-corrected chi connectivity index (χ1v) is 12.9. The third kappa shape index (κ3) is 6.66. The first-order valence-electron chi connectivity index (χ1n) is 12.5. The molecule has 1 aromatic carbocycles. The first-order chi connectivity index (χ1) is 16.7. The Morgan fingerprint density at radius 2 is 1.83 bits per heavy atom. The van der Waals surface area contributed by atoms with Crippen LogP contribution < -0.4 is 15.6 Å². The Hall–Kier alpha value is -1.90. The van der Waals surface area contributed by atoms with Crippen LogP contribution in [-0.2, 0) is 17.9 Å². The molecule has 1 aliphatic carbocycles. The number of halogens is 1. The zero-order chi connectivity index (χ0) is 25.7. The molecule has 1 fully saturated rings. The molecule has 0 radical (unpaired) electrons. The Balaban J connectivity index is 1.81. The summed E-state index contributed by atoms with van der Waals surface area (Å²) in [5, 5.41) is 14.8. The summed E-state index contributed by atoms with van der Waals surface area (Å²) in [5.41, 5.74) is 4.77. The third-order valence-electron chi connectivity index (χ3n) is 7.29. The van der Waals surface area contributed by atoms with Crippen molar-refractivity contribution in [1.82, 2.24) is 15.2 Å². The number of rotatable bonds is 10. The molecule has 8 heteroatoms. The Labute approximate surface area is 214 Å². The minimum absolute atomic E-state index is 0.0815. The highest BCUT2D eigenvalue weighted by atomic mass is 35.5. The summed E-state index contributed by atoms with van der Waals surface area (Å²) in [7, 11) is 5.91. The number of aryl methyl sites for hydroxylation is 1. The van der Waals surface area contributed by atoms with Gasteiger partial charge in [-0.1, -0.05) is 11.6 Å². The van der Waals surface area contributed by atoms with Crippen LogP contribution in [-0.4, -0.2) is 54.8 Å². The average molecular weight is 505 g/mol. The molecule has 7 nitrogen and oxygen atoms in total. The van der Waals surface area contributed by atoms with Gasteiger partial charge in [-0.15, -0.1) is 0 Å². The van der Waals surface area contributed by atoms with Gasteiger partial charge in [0.25, 0.3) is 0 Å². The van der Waals surface area contributed by atoms with Crippen LogP contribution >= 0.6 is 11.6 Å². The number of ether oxygens (including phenoxy) is 1. The lowest BCUT2D eigenvalue weighted by Crippen LogP contribution is -2.42. The van der Waals surface area contributed by atoms with Crippen LogP contribution in [0.15, 0.2) is 23.0 Å². The van der Waals surface area contributed by atoms with Crippen molar-refractivity contribution in [3.8, 4) is 0 Å². The van der Waals surface area contributed by atoms with Gasteiger partial charge in [-0.2, -0.15) is 0 Å². The number of methoxy groups -OCH3 is 1. The molecule has 0 spiro atoms. The van der Waals surface area contributed by atoms with E-state index in [0.29, 0.717) is 35.0 Å². The van der Waals surface area contributed by atoms with Gasteiger partial charge in [0.1, 0.15) is 6.23 Å². The number of anilines is 1. The zero-order valence-corrected chi connectivity index (χ0v) is 22.7. The highest BCUT2D eigenvalue weighted by molar-refractivity contribution is 6.31. The SMILES string of the molecule is CCN(c1cc(Cl)cc(C(O)NCc2c(COC)[nH]c(C)cc2=O)c1C)[C@H]1CC[C@H](N(C)C)CC1. The van der Waals surface area contributed by atoms with Crippen LogP contribution in [0.25, 0.3) is 0 Å². The predicted octanol–water partition coefficient (Wildman–Crippen LogP) is 4.27. The van der Waals surface area contributed by atoms with E-state index in [1.807, 2.05) is 26.0 Å². The van der Waals surface area contributed by atoms with E-state index in [9.17, 15) is 9.90 Å². The van der Waals surface area contributed by atoms with Gasteiger partial charge in [0.15, 0.2) is 5.43 Å². The van der Waals surface area contributed by atoms with Crippen molar-refractivity contribution >= 4 is 17.3 Å². The number of nitrogens with one attached hydrogen (secondary N) is 2. The molecule has 2 aromatic rings. The third-order valence-corrected chi connectivity index (χ3v) is 7.50. The maximum atomic E-state index is 12.6. The van der Waals surface area contributed by atoms with Gasteiger partial charge in [-0.3, -0.25) is 10.1 Å². The monoisotopic (exact) mass is 504 g/mol. The Kier molecular flexibility index (Phi) is 9.78. The van der Waals surface area contributed by atoms with Crippen molar-refractivity contribution in [3.05, 3.63) is 61.5 Å². The molecule has 3 N–H and O–H groups in total. The molecule has 1 heterocycles. The molecular weight excluding hydrogens is 464 g/mol. The lowest BCUT2D eigenvalue weighted by molar-refractivity contribution is 0.135. The predicted molar refractivity (Wildman–Crippen MR) is 143 cm³/mol. The van der Waals surface area contributed by atoms with Crippen molar-refractivity contribution in [2.24, 2.45) is 0 Å². The summed E-state index contributed by atoms with van der Waals surface area (Å²) < 4.78 is 5.25. The van der Waals surface area contributed by atoms with Gasteiger partial charge >= 0.3 is 0 Å². The lowest BCUT2D eigenvalue weighted by atomic mass is 9.88. The summed E-state index contributed by atoms with van der Waals surface area (Å²) >= 11 is 6.55. The molecule has 0 saturated heterocycles. The summed E-state index contributed by atoms with van der Waals surface area (Å²) in [6.07, 6.45) is 3.67. The molecule has 0 bridgehead atoms. The van der Waals surface area contributed by atoms with Gasteiger partial charge in [-0.25, -0.2) is 0 Å². The molecule has 35 heavy (non-hydrogen) atoms. The Morgan fingerprint density at radius 3 is 2.43 bits per heavy atom. The quantitative estimate of drug-likeness (QED) is 0.419. The number of aromatic nitrogens is 1. The molecular formula is C27H41ClN4O3. The average Bonchev–Trinajstić information content (AvgIpc) is 2.81. The number of hydrogen-bond acceptors (Lipinski definition) is 6. The van der Waals surface area contributed by atoms with Gasteiger partial charge in [-0.05, 0) is 78.2 Å². The van der Waals surface area contributed by atoms with Crippen LogP contribution in [0, 0.1) is 13.8 Å². The minimum Gasteiger partial charge on any atom is -0.378 e. The molecule has 1 unspecified atom stereocenters. The standard InChI is InChI=1S/C27H41ClN4O3/c1-7-32(21-10-8-20(9-11-21)31(4)5)25-14-19(28)13-22(18(25)3)27(34)29-15-23-24(16-35-6)30-17(2)12-26(23)33/h12-14,20-21,27,29,34H,7-11,15-16H2,1-6H3,(H,30,33)/t20-,21-,27?. The smallest absolute Gasteiger partial charge is 0.186 e. The maximum absolute atomic E-state index is 12.6. The Morgan fingerprint density at radius 1 is 1.17 bits per heavy atom. The summed E-state index contributed by atoms with van der Waals surface area (Å²) in [5.74, 6) is 0. The van der Waals surface area contributed by atoms with Crippen molar-refractivity contribution < 1.29 is 9.84 Å². The largest absolute Gasteiger partial charge is 0.378 e. The fourth-order valence-corrected chi connectivity index (χ4v) is 5.55. The highest BCUT2D eigenvalue weighted by Gasteiger charge is 2.28. The molecule has 1 aliphatic rings. The molecule has 1 aromatic heterocycles. The van der Waals surface area contributed by atoms with Gasteiger partial charge in [0, 0.05) is 71.6 Å². The van der Waals surface area contributed by atoms with E-state index in [-0.39, 0.29) is 12.0 Å². The maximum Gasteiger partial charge on any atom is 0.186 e. The van der Waals surface area contributed by atoms with Crippen molar-refractivity contribution in [2.45, 2.75) is 77.9 Å². The number of pyridine rings is 1. The van der Waals surface area contributed by atoms with E-state index >= 15 is 0 Å². The normalized spacial score (nSPS) is 19.2. The first kappa shape index (κ1) is 27.7. The second-order valence-corrected chi connectivity index (χ2v) is 10.3. The molecule has 194 valence electrons.